The summed E-state index contributed by atoms with van der Waals surface area (Å²) in [6.07, 6.45) is 4.31. The zero-order valence-electron chi connectivity index (χ0n) is 8.98. The molecule has 0 aliphatic rings. The molecule has 0 amide bonds. The van der Waals surface area contributed by atoms with E-state index in [1.54, 1.807) is 12.5 Å². The average Bonchev–Trinajstić information content (AvgIpc) is 2.74. The van der Waals surface area contributed by atoms with E-state index >= 15 is 0 Å². The number of furan rings is 1. The van der Waals surface area contributed by atoms with E-state index in [1.807, 2.05) is 24.3 Å². The molecule has 2 aromatic rings. The molecule has 84 valence electrons. The SMILES string of the molecule is CC(Cc1ccco1)Nc1cccnc1Br. The summed E-state index contributed by atoms with van der Waals surface area (Å²) in [7, 11) is 0. The third-order valence-electron chi connectivity index (χ3n) is 2.25. The molecule has 4 heteroatoms. The number of nitrogens with one attached hydrogen (secondary N) is 1. The monoisotopic (exact) mass is 280 g/mol. The molecular weight excluding hydrogens is 268 g/mol. The van der Waals surface area contributed by atoms with E-state index in [0.29, 0.717) is 6.04 Å². The molecule has 0 aliphatic carbocycles. The lowest BCUT2D eigenvalue weighted by atomic mass is 10.2. The summed E-state index contributed by atoms with van der Waals surface area (Å²) in [6, 6.07) is 8.09. The highest BCUT2D eigenvalue weighted by Gasteiger charge is 2.07. The standard InChI is InChI=1S/C12H13BrN2O/c1-9(8-10-4-3-7-16-10)15-11-5-2-6-14-12(11)13/h2-7,9,15H,8H2,1H3. The lowest BCUT2D eigenvalue weighted by molar-refractivity contribution is 0.497. The largest absolute Gasteiger partial charge is 0.469 e. The van der Waals surface area contributed by atoms with Crippen molar-refractivity contribution in [2.24, 2.45) is 0 Å². The Morgan fingerprint density at radius 2 is 2.31 bits per heavy atom. The highest BCUT2D eigenvalue weighted by molar-refractivity contribution is 9.10. The van der Waals surface area contributed by atoms with E-state index in [1.165, 1.54) is 0 Å². The Balaban J connectivity index is 1.97. The van der Waals surface area contributed by atoms with Crippen LogP contribution in [0.25, 0.3) is 0 Å². The van der Waals surface area contributed by atoms with Crippen LogP contribution >= 0.6 is 15.9 Å². The zero-order chi connectivity index (χ0) is 11.4. The smallest absolute Gasteiger partial charge is 0.129 e. The number of hydrogen-bond donors (Lipinski definition) is 1. The van der Waals surface area contributed by atoms with Gasteiger partial charge in [-0.3, -0.25) is 0 Å². The molecule has 0 saturated heterocycles. The van der Waals surface area contributed by atoms with E-state index < -0.39 is 0 Å². The molecule has 0 bridgehead atoms. The summed E-state index contributed by atoms with van der Waals surface area (Å²) in [5.74, 6) is 0.986. The zero-order valence-corrected chi connectivity index (χ0v) is 10.6. The van der Waals surface area contributed by atoms with Crippen molar-refractivity contribution in [2.45, 2.75) is 19.4 Å². The fraction of sp³-hybridized carbons (Fsp3) is 0.250. The van der Waals surface area contributed by atoms with Gasteiger partial charge in [0.15, 0.2) is 0 Å². The van der Waals surface area contributed by atoms with Crippen LogP contribution in [0.1, 0.15) is 12.7 Å². The molecule has 2 aromatic heterocycles. The molecule has 0 spiro atoms. The molecule has 1 unspecified atom stereocenters. The summed E-state index contributed by atoms with van der Waals surface area (Å²) < 4.78 is 6.14. The minimum atomic E-state index is 0.298. The number of nitrogens with zero attached hydrogens (tertiary/aromatic N) is 1. The van der Waals surface area contributed by atoms with Crippen LogP contribution < -0.4 is 5.32 Å². The summed E-state index contributed by atoms with van der Waals surface area (Å²) >= 11 is 3.41. The lowest BCUT2D eigenvalue weighted by Gasteiger charge is -2.14. The lowest BCUT2D eigenvalue weighted by Crippen LogP contribution is -2.18. The third-order valence-corrected chi connectivity index (χ3v) is 2.88. The van der Waals surface area contributed by atoms with Crippen LogP contribution in [0.4, 0.5) is 5.69 Å². The maximum atomic E-state index is 5.30. The van der Waals surface area contributed by atoms with Gasteiger partial charge < -0.3 is 9.73 Å². The molecular formula is C12H13BrN2O. The summed E-state index contributed by atoms with van der Waals surface area (Å²) in [5, 5.41) is 3.38. The Morgan fingerprint density at radius 1 is 1.44 bits per heavy atom. The van der Waals surface area contributed by atoms with Crippen molar-refractivity contribution in [3.8, 4) is 0 Å². The quantitative estimate of drug-likeness (QED) is 0.872. The minimum absolute atomic E-state index is 0.298. The van der Waals surface area contributed by atoms with Crippen LogP contribution in [0.3, 0.4) is 0 Å². The van der Waals surface area contributed by atoms with Crippen LogP contribution in [-0.2, 0) is 6.42 Å². The first-order valence-corrected chi connectivity index (χ1v) is 5.94. The van der Waals surface area contributed by atoms with E-state index in [4.69, 9.17) is 4.42 Å². The van der Waals surface area contributed by atoms with Crippen LogP contribution in [-0.4, -0.2) is 11.0 Å². The number of anilines is 1. The van der Waals surface area contributed by atoms with Crippen LogP contribution in [0.15, 0.2) is 45.7 Å². The molecule has 2 rings (SSSR count). The van der Waals surface area contributed by atoms with Crippen molar-refractivity contribution < 1.29 is 4.42 Å². The predicted molar refractivity (Wildman–Crippen MR) is 67.4 cm³/mol. The highest BCUT2D eigenvalue weighted by atomic mass is 79.9. The molecule has 1 N–H and O–H groups in total. The highest BCUT2D eigenvalue weighted by Crippen LogP contribution is 2.20. The molecule has 0 radical (unpaired) electrons. The Labute approximate surface area is 103 Å². The van der Waals surface area contributed by atoms with Gasteiger partial charge in [0.25, 0.3) is 0 Å². The van der Waals surface area contributed by atoms with Crippen LogP contribution in [0, 0.1) is 0 Å². The normalized spacial score (nSPS) is 12.4. The Kier molecular flexibility index (Phi) is 3.62. The maximum absolute atomic E-state index is 5.30. The van der Waals surface area contributed by atoms with Crippen molar-refractivity contribution in [2.75, 3.05) is 5.32 Å². The molecule has 1 atom stereocenters. The maximum Gasteiger partial charge on any atom is 0.129 e. The third kappa shape index (κ3) is 2.85. The van der Waals surface area contributed by atoms with Crippen molar-refractivity contribution in [3.63, 3.8) is 0 Å². The molecule has 2 heterocycles. The fourth-order valence-electron chi connectivity index (χ4n) is 1.54. The fourth-order valence-corrected chi connectivity index (χ4v) is 1.91. The molecule has 0 aliphatic heterocycles. The first-order chi connectivity index (χ1) is 7.75. The van der Waals surface area contributed by atoms with Crippen molar-refractivity contribution in [1.82, 2.24) is 4.98 Å². The van der Waals surface area contributed by atoms with E-state index in [2.05, 4.69) is 33.2 Å². The number of rotatable bonds is 4. The second kappa shape index (κ2) is 5.16. The van der Waals surface area contributed by atoms with Gasteiger partial charge in [0.1, 0.15) is 10.4 Å². The van der Waals surface area contributed by atoms with Crippen molar-refractivity contribution >= 4 is 21.6 Å². The van der Waals surface area contributed by atoms with Crippen molar-refractivity contribution in [1.29, 1.82) is 0 Å². The summed E-state index contributed by atoms with van der Waals surface area (Å²) in [4.78, 5) is 4.16. The number of hydrogen-bond acceptors (Lipinski definition) is 3. The molecule has 0 saturated carbocycles. The molecule has 0 aromatic carbocycles. The van der Waals surface area contributed by atoms with E-state index in [9.17, 15) is 0 Å². The van der Waals surface area contributed by atoms with Gasteiger partial charge in [0.2, 0.25) is 0 Å². The van der Waals surface area contributed by atoms with Gasteiger partial charge in [0.05, 0.1) is 12.0 Å². The second-order valence-corrected chi connectivity index (χ2v) is 4.42. The Morgan fingerprint density at radius 3 is 3.00 bits per heavy atom. The van der Waals surface area contributed by atoms with Crippen LogP contribution in [0.2, 0.25) is 0 Å². The number of pyridine rings is 1. The molecule has 3 nitrogen and oxygen atoms in total. The summed E-state index contributed by atoms with van der Waals surface area (Å²) in [5.41, 5.74) is 1.00. The van der Waals surface area contributed by atoms with Crippen molar-refractivity contribution in [3.05, 3.63) is 47.1 Å². The van der Waals surface area contributed by atoms with E-state index in [0.717, 1.165) is 22.5 Å². The Bertz CT molecular complexity index is 442. The van der Waals surface area contributed by atoms with Gasteiger partial charge in [0, 0.05) is 18.7 Å². The first-order valence-electron chi connectivity index (χ1n) is 5.15. The average molecular weight is 281 g/mol. The predicted octanol–water partition coefficient (Wildman–Crippen LogP) is 3.48. The number of aromatic nitrogens is 1. The summed E-state index contributed by atoms with van der Waals surface area (Å²) in [6.45, 7) is 2.11. The van der Waals surface area contributed by atoms with Gasteiger partial charge in [-0.15, -0.1) is 0 Å². The van der Waals surface area contributed by atoms with Gasteiger partial charge in [-0.25, -0.2) is 4.98 Å². The van der Waals surface area contributed by atoms with Gasteiger partial charge in [-0.1, -0.05) is 0 Å². The molecule has 16 heavy (non-hydrogen) atoms. The van der Waals surface area contributed by atoms with Gasteiger partial charge >= 0.3 is 0 Å². The second-order valence-electron chi connectivity index (χ2n) is 3.67. The van der Waals surface area contributed by atoms with E-state index in [-0.39, 0.29) is 0 Å². The molecule has 0 fully saturated rings. The van der Waals surface area contributed by atoms with Gasteiger partial charge in [-0.2, -0.15) is 0 Å². The van der Waals surface area contributed by atoms with Gasteiger partial charge in [-0.05, 0) is 47.1 Å². The first kappa shape index (κ1) is 11.2. The van der Waals surface area contributed by atoms with Crippen LogP contribution in [0.5, 0.6) is 0 Å². The Hall–Kier alpha value is -1.29. The number of halogens is 1. The topological polar surface area (TPSA) is 38.1 Å². The minimum Gasteiger partial charge on any atom is -0.469 e.